The van der Waals surface area contributed by atoms with E-state index in [-0.39, 0.29) is 5.78 Å². The molecule has 2 nitrogen and oxygen atoms in total. The number of aromatic nitrogens is 1. The van der Waals surface area contributed by atoms with Gasteiger partial charge >= 0.3 is 0 Å². The smallest absolute Gasteiger partial charge is 0.193 e. The van der Waals surface area contributed by atoms with Gasteiger partial charge in [0.2, 0.25) is 0 Å². The Kier molecular flexibility index (Phi) is 3.07. The quantitative estimate of drug-likeness (QED) is 0.650. The van der Waals surface area contributed by atoms with Crippen LogP contribution >= 0.6 is 0 Å². The second-order valence-electron chi connectivity index (χ2n) is 5.06. The number of carbonyl (C=O) groups is 1. The number of ketones is 1. The third kappa shape index (κ3) is 2.32. The third-order valence-electron chi connectivity index (χ3n) is 3.37. The minimum Gasteiger partial charge on any atom is -0.289 e. The third-order valence-corrected chi connectivity index (χ3v) is 3.37. The second kappa shape index (κ2) is 4.89. The Labute approximate surface area is 118 Å². The highest BCUT2D eigenvalue weighted by atomic mass is 16.1. The average molecular weight is 261 g/mol. The van der Waals surface area contributed by atoms with E-state index in [2.05, 4.69) is 4.98 Å². The molecule has 0 unspecified atom stereocenters. The zero-order valence-electron chi connectivity index (χ0n) is 11.6. The van der Waals surface area contributed by atoms with Crippen LogP contribution in [0.5, 0.6) is 0 Å². The largest absolute Gasteiger partial charge is 0.289 e. The number of aryl methyl sites for hydroxylation is 2. The van der Waals surface area contributed by atoms with Crippen LogP contribution in [0.25, 0.3) is 10.9 Å². The molecule has 2 aromatic carbocycles. The Morgan fingerprint density at radius 3 is 2.50 bits per heavy atom. The molecule has 0 fully saturated rings. The number of carbonyl (C=O) groups excluding carboxylic acids is 1. The minimum atomic E-state index is 0.0520. The van der Waals surface area contributed by atoms with Crippen molar-refractivity contribution in [1.29, 1.82) is 0 Å². The lowest BCUT2D eigenvalue weighted by Crippen LogP contribution is -2.01. The molecule has 0 spiro atoms. The van der Waals surface area contributed by atoms with Crippen molar-refractivity contribution in [3.63, 3.8) is 0 Å². The fourth-order valence-corrected chi connectivity index (χ4v) is 2.32. The van der Waals surface area contributed by atoms with Crippen molar-refractivity contribution in [3.8, 4) is 0 Å². The zero-order chi connectivity index (χ0) is 14.1. The van der Waals surface area contributed by atoms with Crippen molar-refractivity contribution >= 4 is 16.7 Å². The molecular weight excluding hydrogens is 246 g/mol. The fourth-order valence-electron chi connectivity index (χ4n) is 2.32. The summed E-state index contributed by atoms with van der Waals surface area (Å²) in [6, 6.07) is 17.3. The molecule has 0 saturated heterocycles. The summed E-state index contributed by atoms with van der Waals surface area (Å²) >= 11 is 0. The number of fused-ring (bicyclic) bond motifs is 1. The maximum Gasteiger partial charge on any atom is 0.193 e. The maximum absolute atomic E-state index is 12.5. The van der Waals surface area contributed by atoms with E-state index in [4.69, 9.17) is 0 Å². The van der Waals surface area contributed by atoms with E-state index in [0.717, 1.165) is 27.7 Å². The molecule has 0 saturated carbocycles. The van der Waals surface area contributed by atoms with Gasteiger partial charge in [-0.2, -0.15) is 0 Å². The molecule has 3 rings (SSSR count). The van der Waals surface area contributed by atoms with E-state index in [1.54, 1.807) is 0 Å². The monoisotopic (exact) mass is 261 g/mol. The normalized spacial score (nSPS) is 10.7. The van der Waals surface area contributed by atoms with Crippen LogP contribution in [0, 0.1) is 13.8 Å². The van der Waals surface area contributed by atoms with Crippen LogP contribution in [-0.2, 0) is 0 Å². The fraction of sp³-hybridized carbons (Fsp3) is 0.111. The Morgan fingerprint density at radius 1 is 0.900 bits per heavy atom. The predicted molar refractivity (Wildman–Crippen MR) is 81.1 cm³/mol. The highest BCUT2D eigenvalue weighted by molar-refractivity contribution is 6.10. The van der Waals surface area contributed by atoms with E-state index < -0.39 is 0 Å². The Hall–Kier alpha value is -2.48. The summed E-state index contributed by atoms with van der Waals surface area (Å²) in [5, 5.41) is 0.995. The number of rotatable bonds is 2. The molecule has 2 heteroatoms. The van der Waals surface area contributed by atoms with Crippen molar-refractivity contribution in [1.82, 2.24) is 4.98 Å². The molecule has 0 radical (unpaired) electrons. The number of hydrogen-bond acceptors (Lipinski definition) is 2. The number of benzene rings is 2. The van der Waals surface area contributed by atoms with Gasteiger partial charge in [-0.25, -0.2) is 0 Å². The molecule has 0 atom stereocenters. The van der Waals surface area contributed by atoms with E-state index >= 15 is 0 Å². The van der Waals surface area contributed by atoms with Gasteiger partial charge in [0.05, 0.1) is 5.52 Å². The molecule has 0 aliphatic carbocycles. The lowest BCUT2D eigenvalue weighted by atomic mass is 10.00. The molecule has 0 bridgehead atoms. The Balaban J connectivity index is 2.06. The van der Waals surface area contributed by atoms with Crippen LogP contribution in [0.1, 0.15) is 27.2 Å². The SMILES string of the molecule is Cc1cccc(C(=O)c2ccc3nc(C)ccc3c2)c1. The van der Waals surface area contributed by atoms with Crippen LogP contribution in [0.15, 0.2) is 54.6 Å². The van der Waals surface area contributed by atoms with Crippen molar-refractivity contribution in [2.75, 3.05) is 0 Å². The molecule has 0 aliphatic heterocycles. The van der Waals surface area contributed by atoms with Crippen LogP contribution in [0.3, 0.4) is 0 Å². The van der Waals surface area contributed by atoms with E-state index in [0.29, 0.717) is 5.56 Å². The average Bonchev–Trinajstić information content (AvgIpc) is 2.46. The summed E-state index contributed by atoms with van der Waals surface area (Å²) < 4.78 is 0. The van der Waals surface area contributed by atoms with Crippen molar-refractivity contribution < 1.29 is 4.79 Å². The van der Waals surface area contributed by atoms with Gasteiger partial charge in [-0.05, 0) is 44.2 Å². The number of hydrogen-bond donors (Lipinski definition) is 0. The summed E-state index contributed by atoms with van der Waals surface area (Å²) in [5.41, 5.74) is 4.42. The number of nitrogens with zero attached hydrogens (tertiary/aromatic N) is 1. The maximum atomic E-state index is 12.5. The van der Waals surface area contributed by atoms with Gasteiger partial charge < -0.3 is 0 Å². The molecule has 3 aromatic rings. The highest BCUT2D eigenvalue weighted by Crippen LogP contribution is 2.18. The predicted octanol–water partition coefficient (Wildman–Crippen LogP) is 4.08. The van der Waals surface area contributed by atoms with Gasteiger partial charge in [-0.15, -0.1) is 0 Å². The molecule has 0 N–H and O–H groups in total. The molecule has 0 aliphatic rings. The first-order valence-corrected chi connectivity index (χ1v) is 6.62. The highest BCUT2D eigenvalue weighted by Gasteiger charge is 2.10. The van der Waals surface area contributed by atoms with E-state index in [1.165, 1.54) is 0 Å². The summed E-state index contributed by atoms with van der Waals surface area (Å²) in [6.45, 7) is 3.95. The first-order chi connectivity index (χ1) is 9.63. The lowest BCUT2D eigenvalue weighted by Gasteiger charge is -2.04. The first-order valence-electron chi connectivity index (χ1n) is 6.62. The summed E-state index contributed by atoms with van der Waals surface area (Å²) in [7, 11) is 0. The molecule has 98 valence electrons. The van der Waals surface area contributed by atoms with Crippen molar-refractivity contribution in [2.24, 2.45) is 0 Å². The van der Waals surface area contributed by atoms with Gasteiger partial charge in [-0.1, -0.05) is 29.8 Å². The van der Waals surface area contributed by atoms with Crippen LogP contribution < -0.4 is 0 Å². The van der Waals surface area contributed by atoms with Gasteiger partial charge in [0.1, 0.15) is 0 Å². The van der Waals surface area contributed by atoms with Gasteiger partial charge in [0, 0.05) is 22.2 Å². The summed E-state index contributed by atoms with van der Waals surface area (Å²) in [4.78, 5) is 16.9. The summed E-state index contributed by atoms with van der Waals surface area (Å²) in [6.07, 6.45) is 0. The van der Waals surface area contributed by atoms with E-state index in [1.807, 2.05) is 68.4 Å². The molecule has 1 heterocycles. The van der Waals surface area contributed by atoms with Gasteiger partial charge in [0.25, 0.3) is 0 Å². The van der Waals surface area contributed by atoms with Gasteiger partial charge in [0.15, 0.2) is 5.78 Å². The molecule has 20 heavy (non-hydrogen) atoms. The Morgan fingerprint density at radius 2 is 1.70 bits per heavy atom. The topological polar surface area (TPSA) is 30.0 Å². The second-order valence-corrected chi connectivity index (χ2v) is 5.06. The standard InChI is InChI=1S/C18H15NO/c1-12-4-3-5-15(10-12)18(20)16-8-9-17-14(11-16)7-6-13(2)19-17/h3-11H,1-2H3. The zero-order valence-corrected chi connectivity index (χ0v) is 11.6. The first kappa shape index (κ1) is 12.5. The van der Waals surface area contributed by atoms with E-state index in [9.17, 15) is 4.79 Å². The minimum absolute atomic E-state index is 0.0520. The van der Waals surface area contributed by atoms with Crippen molar-refractivity contribution in [2.45, 2.75) is 13.8 Å². The van der Waals surface area contributed by atoms with Crippen LogP contribution in [0.2, 0.25) is 0 Å². The summed E-state index contributed by atoms with van der Waals surface area (Å²) in [5.74, 6) is 0.0520. The van der Waals surface area contributed by atoms with Gasteiger partial charge in [-0.3, -0.25) is 9.78 Å². The van der Waals surface area contributed by atoms with Crippen molar-refractivity contribution in [3.05, 3.63) is 77.0 Å². The molecule has 1 aromatic heterocycles. The molecular formula is C18H15NO. The Bertz CT molecular complexity index is 805. The molecule has 0 amide bonds. The lowest BCUT2D eigenvalue weighted by molar-refractivity contribution is 0.103. The van der Waals surface area contributed by atoms with Crippen LogP contribution in [0.4, 0.5) is 0 Å². The van der Waals surface area contributed by atoms with Crippen LogP contribution in [-0.4, -0.2) is 10.8 Å². The number of pyridine rings is 1.